The number of benzene rings is 3. The lowest BCUT2D eigenvalue weighted by Gasteiger charge is -2.07. The highest BCUT2D eigenvalue weighted by molar-refractivity contribution is 7.71. The van der Waals surface area contributed by atoms with E-state index in [1.807, 2.05) is 77.5 Å². The minimum Gasteiger partial charge on any atom is -0.497 e. The fraction of sp³-hybridized carbons (Fsp3) is 0.111. The summed E-state index contributed by atoms with van der Waals surface area (Å²) in [6.45, 7) is 2.63. The SMILES string of the molecule is COc1ccc(-c2cc(-c3n[nH]c(=S)n3/N=C/c3ccc(C)cc3)n(Cc3ccccc3)n2)cc1. The first-order valence-electron chi connectivity index (χ1n) is 11.2. The van der Waals surface area contributed by atoms with Crippen LogP contribution in [0.5, 0.6) is 5.75 Å². The fourth-order valence-corrected chi connectivity index (χ4v) is 3.90. The molecule has 7 nitrogen and oxygen atoms in total. The lowest BCUT2D eigenvalue weighted by molar-refractivity contribution is 0.415. The van der Waals surface area contributed by atoms with Gasteiger partial charge in [-0.1, -0.05) is 60.2 Å². The van der Waals surface area contributed by atoms with Gasteiger partial charge in [-0.3, -0.25) is 4.68 Å². The van der Waals surface area contributed by atoms with Crippen molar-refractivity contribution in [2.75, 3.05) is 7.11 Å². The average Bonchev–Trinajstić information content (AvgIpc) is 3.47. The predicted molar refractivity (Wildman–Crippen MR) is 140 cm³/mol. The number of aromatic nitrogens is 5. The molecule has 0 aliphatic heterocycles. The van der Waals surface area contributed by atoms with Crippen molar-refractivity contribution in [3.8, 4) is 28.5 Å². The normalized spacial score (nSPS) is 11.3. The summed E-state index contributed by atoms with van der Waals surface area (Å²) in [7, 11) is 1.65. The van der Waals surface area contributed by atoms with E-state index >= 15 is 0 Å². The van der Waals surface area contributed by atoms with Gasteiger partial charge in [0.2, 0.25) is 10.6 Å². The van der Waals surface area contributed by atoms with E-state index in [4.69, 9.17) is 22.1 Å². The minimum absolute atomic E-state index is 0.404. The molecule has 0 unspecified atom stereocenters. The maximum Gasteiger partial charge on any atom is 0.216 e. The van der Waals surface area contributed by atoms with Gasteiger partial charge in [0.1, 0.15) is 11.4 Å². The quantitative estimate of drug-likeness (QED) is 0.239. The second-order valence-corrected chi connectivity index (χ2v) is 8.49. The summed E-state index contributed by atoms with van der Waals surface area (Å²) in [4.78, 5) is 0. The summed E-state index contributed by atoms with van der Waals surface area (Å²) in [5, 5.41) is 16.9. The number of hydrogen-bond donors (Lipinski definition) is 1. The predicted octanol–water partition coefficient (Wildman–Crippen LogP) is 5.72. The molecule has 2 heterocycles. The van der Waals surface area contributed by atoms with Crippen LogP contribution < -0.4 is 4.74 Å². The Morgan fingerprint density at radius 3 is 2.46 bits per heavy atom. The number of rotatable bonds is 7. The van der Waals surface area contributed by atoms with Crippen molar-refractivity contribution < 1.29 is 4.74 Å². The molecule has 0 radical (unpaired) electrons. The number of aryl methyl sites for hydroxylation is 1. The fourth-order valence-electron chi connectivity index (χ4n) is 3.72. The van der Waals surface area contributed by atoms with Crippen LogP contribution in [0.2, 0.25) is 0 Å². The summed E-state index contributed by atoms with van der Waals surface area (Å²) in [6, 6.07) is 28.2. The second-order valence-electron chi connectivity index (χ2n) is 8.11. The van der Waals surface area contributed by atoms with Crippen LogP contribution in [-0.2, 0) is 6.54 Å². The number of nitrogens with one attached hydrogen (secondary N) is 1. The van der Waals surface area contributed by atoms with E-state index in [2.05, 4.69) is 34.4 Å². The molecular formula is C27H24N6OS. The molecule has 0 saturated carbocycles. The molecular weight excluding hydrogens is 456 g/mol. The Bertz CT molecular complexity index is 1510. The highest BCUT2D eigenvalue weighted by atomic mass is 32.1. The first-order chi connectivity index (χ1) is 17.1. The molecule has 0 saturated heterocycles. The smallest absolute Gasteiger partial charge is 0.216 e. The zero-order valence-corrected chi connectivity index (χ0v) is 20.2. The van der Waals surface area contributed by atoms with Crippen LogP contribution in [0.1, 0.15) is 16.7 Å². The lowest BCUT2D eigenvalue weighted by atomic mass is 10.1. The maximum atomic E-state index is 5.50. The van der Waals surface area contributed by atoms with Gasteiger partial charge in [-0.2, -0.15) is 20.0 Å². The van der Waals surface area contributed by atoms with Crippen molar-refractivity contribution in [2.24, 2.45) is 5.10 Å². The summed E-state index contributed by atoms with van der Waals surface area (Å²) in [5.41, 5.74) is 5.89. The van der Waals surface area contributed by atoms with Gasteiger partial charge in [0.05, 0.1) is 25.6 Å². The van der Waals surface area contributed by atoms with Gasteiger partial charge >= 0.3 is 0 Å². The molecule has 3 aromatic carbocycles. The average molecular weight is 481 g/mol. The van der Waals surface area contributed by atoms with Gasteiger partial charge in [0.25, 0.3) is 0 Å². The zero-order valence-electron chi connectivity index (χ0n) is 19.4. The van der Waals surface area contributed by atoms with Crippen LogP contribution in [-0.4, -0.2) is 38.0 Å². The molecule has 5 rings (SSSR count). The van der Waals surface area contributed by atoms with Gasteiger partial charge in [-0.05, 0) is 60.6 Å². The third-order valence-electron chi connectivity index (χ3n) is 5.62. The van der Waals surface area contributed by atoms with Gasteiger partial charge in [0.15, 0.2) is 0 Å². The van der Waals surface area contributed by atoms with Crippen LogP contribution in [0.15, 0.2) is 90.0 Å². The highest BCUT2D eigenvalue weighted by Gasteiger charge is 2.18. The largest absolute Gasteiger partial charge is 0.497 e. The number of aromatic amines is 1. The van der Waals surface area contributed by atoms with Crippen LogP contribution in [0, 0.1) is 11.7 Å². The topological polar surface area (TPSA) is 73.0 Å². The van der Waals surface area contributed by atoms with Gasteiger partial charge in [0, 0.05) is 5.56 Å². The first kappa shape index (κ1) is 22.5. The molecule has 0 amide bonds. The van der Waals surface area contributed by atoms with Gasteiger partial charge < -0.3 is 4.74 Å². The molecule has 8 heteroatoms. The van der Waals surface area contributed by atoms with Crippen LogP contribution in [0.25, 0.3) is 22.8 Å². The van der Waals surface area contributed by atoms with E-state index in [1.165, 1.54) is 5.56 Å². The zero-order chi connectivity index (χ0) is 24.2. The number of nitrogens with zero attached hydrogens (tertiary/aromatic N) is 5. The Hall–Kier alpha value is -4.30. The van der Waals surface area contributed by atoms with E-state index in [0.29, 0.717) is 17.1 Å². The Balaban J connectivity index is 1.58. The van der Waals surface area contributed by atoms with Crippen LogP contribution in [0.3, 0.4) is 0 Å². The summed E-state index contributed by atoms with van der Waals surface area (Å²) in [5.74, 6) is 1.38. The van der Waals surface area contributed by atoms with Gasteiger partial charge in [-0.25, -0.2) is 5.10 Å². The Kier molecular flexibility index (Phi) is 6.36. The molecule has 1 N–H and O–H groups in total. The van der Waals surface area contributed by atoms with Crippen LogP contribution in [0.4, 0.5) is 0 Å². The van der Waals surface area contributed by atoms with E-state index in [1.54, 1.807) is 18.0 Å². The van der Waals surface area contributed by atoms with E-state index in [-0.39, 0.29) is 0 Å². The molecule has 0 fully saturated rings. The maximum absolute atomic E-state index is 5.50. The van der Waals surface area contributed by atoms with Crippen molar-refractivity contribution in [3.05, 3.63) is 106 Å². The molecule has 5 aromatic rings. The van der Waals surface area contributed by atoms with Crippen molar-refractivity contribution in [3.63, 3.8) is 0 Å². The lowest BCUT2D eigenvalue weighted by Crippen LogP contribution is -2.06. The van der Waals surface area contributed by atoms with E-state index in [9.17, 15) is 0 Å². The number of ether oxygens (including phenoxy) is 1. The molecule has 35 heavy (non-hydrogen) atoms. The van der Waals surface area contributed by atoms with Crippen molar-refractivity contribution in [1.29, 1.82) is 0 Å². The van der Waals surface area contributed by atoms with E-state index < -0.39 is 0 Å². The van der Waals surface area contributed by atoms with Gasteiger partial charge in [-0.15, -0.1) is 0 Å². The molecule has 0 spiro atoms. The Labute approximate surface area is 208 Å². The standard InChI is InChI=1S/C27H24N6OS/c1-19-8-10-20(11-9-19)17-28-33-26(29-30-27(33)35)25-16-24(22-12-14-23(34-2)15-13-22)31-32(25)18-21-6-4-3-5-7-21/h3-17H,18H2,1-2H3,(H,30,35)/b28-17+. The highest BCUT2D eigenvalue weighted by Crippen LogP contribution is 2.27. The number of hydrogen-bond acceptors (Lipinski definition) is 5. The second kappa shape index (κ2) is 9.90. The van der Waals surface area contributed by atoms with Crippen molar-refractivity contribution in [2.45, 2.75) is 13.5 Å². The molecule has 174 valence electrons. The monoisotopic (exact) mass is 480 g/mol. The molecule has 0 bridgehead atoms. The number of H-pyrrole nitrogens is 1. The minimum atomic E-state index is 0.404. The summed E-state index contributed by atoms with van der Waals surface area (Å²) < 4.78 is 9.26. The van der Waals surface area contributed by atoms with Crippen LogP contribution >= 0.6 is 12.2 Å². The summed E-state index contributed by atoms with van der Waals surface area (Å²) >= 11 is 5.50. The first-order valence-corrected chi connectivity index (χ1v) is 11.6. The Morgan fingerprint density at radius 2 is 1.74 bits per heavy atom. The molecule has 2 aromatic heterocycles. The molecule has 0 aliphatic rings. The third kappa shape index (κ3) is 4.97. The van der Waals surface area contributed by atoms with Crippen molar-refractivity contribution in [1.82, 2.24) is 24.7 Å². The van der Waals surface area contributed by atoms with E-state index in [0.717, 1.165) is 33.8 Å². The summed E-state index contributed by atoms with van der Waals surface area (Å²) in [6.07, 6.45) is 1.77. The Morgan fingerprint density at radius 1 is 1.00 bits per heavy atom. The van der Waals surface area contributed by atoms with Crippen molar-refractivity contribution >= 4 is 18.4 Å². The molecule has 0 aliphatic carbocycles. The third-order valence-corrected chi connectivity index (χ3v) is 5.88. The number of methoxy groups -OCH3 is 1. The molecule has 0 atom stereocenters.